The average molecular weight is 516 g/mol. The number of carbonyl (C=O) groups is 2. The molecule has 4 aromatic rings. The fourth-order valence-corrected chi connectivity index (χ4v) is 3.80. The molecule has 3 aromatic carbocycles. The molecule has 0 aliphatic carbocycles. The van der Waals surface area contributed by atoms with Crippen LogP contribution in [0.4, 0.5) is 11.4 Å². The maximum absolute atomic E-state index is 12.7. The van der Waals surface area contributed by atoms with Crippen molar-refractivity contribution < 1.29 is 18.7 Å². The van der Waals surface area contributed by atoms with Gasteiger partial charge < -0.3 is 19.8 Å². The van der Waals surface area contributed by atoms with Crippen LogP contribution >= 0.6 is 34.8 Å². The monoisotopic (exact) mass is 514 g/mol. The van der Waals surface area contributed by atoms with Crippen LogP contribution in [0.25, 0.3) is 11.3 Å². The number of hydrogen-bond acceptors (Lipinski definition) is 4. The van der Waals surface area contributed by atoms with Gasteiger partial charge in [-0.05, 0) is 54.6 Å². The lowest BCUT2D eigenvalue weighted by Crippen LogP contribution is -2.14. The molecule has 0 saturated heterocycles. The first-order valence-electron chi connectivity index (χ1n) is 9.96. The fourth-order valence-electron chi connectivity index (χ4n) is 3.19. The summed E-state index contributed by atoms with van der Waals surface area (Å²) in [4.78, 5) is 25.3. The van der Waals surface area contributed by atoms with E-state index in [0.29, 0.717) is 49.1 Å². The number of nitrogens with one attached hydrogen (secondary N) is 2. The third-order valence-electron chi connectivity index (χ3n) is 4.85. The third kappa shape index (κ3) is 5.20. The van der Waals surface area contributed by atoms with Gasteiger partial charge in [0.05, 0.1) is 28.4 Å². The number of methoxy groups -OCH3 is 1. The first kappa shape index (κ1) is 23.7. The SMILES string of the molecule is COc1cc(NC(=O)c2ccc(-c3cc(Cl)ccc3Cl)o2)ccc1NC(=O)c1ccccc1Cl. The molecule has 0 aliphatic heterocycles. The van der Waals surface area contributed by atoms with Gasteiger partial charge >= 0.3 is 0 Å². The van der Waals surface area contributed by atoms with Crippen molar-refractivity contribution in [2.45, 2.75) is 0 Å². The Morgan fingerprint density at radius 1 is 0.824 bits per heavy atom. The molecule has 1 heterocycles. The summed E-state index contributed by atoms with van der Waals surface area (Å²) >= 11 is 18.3. The van der Waals surface area contributed by atoms with Gasteiger partial charge in [-0.3, -0.25) is 9.59 Å². The van der Waals surface area contributed by atoms with Crippen molar-refractivity contribution in [1.29, 1.82) is 0 Å². The molecule has 0 radical (unpaired) electrons. The van der Waals surface area contributed by atoms with Gasteiger partial charge in [-0.15, -0.1) is 0 Å². The van der Waals surface area contributed by atoms with Crippen molar-refractivity contribution in [3.8, 4) is 17.1 Å². The van der Waals surface area contributed by atoms with Gasteiger partial charge in [0, 0.05) is 22.3 Å². The number of furan rings is 1. The molecule has 0 unspecified atom stereocenters. The number of hydrogen-bond donors (Lipinski definition) is 2. The first-order chi connectivity index (χ1) is 16.4. The zero-order valence-electron chi connectivity index (χ0n) is 17.7. The predicted molar refractivity (Wildman–Crippen MR) is 135 cm³/mol. The van der Waals surface area contributed by atoms with Gasteiger partial charge in [-0.25, -0.2) is 0 Å². The summed E-state index contributed by atoms with van der Waals surface area (Å²) in [6, 6.07) is 19.7. The van der Waals surface area contributed by atoms with E-state index in [4.69, 9.17) is 44.0 Å². The van der Waals surface area contributed by atoms with Gasteiger partial charge in [-0.1, -0.05) is 46.9 Å². The Morgan fingerprint density at radius 3 is 2.38 bits per heavy atom. The fraction of sp³-hybridized carbons (Fsp3) is 0.0400. The summed E-state index contributed by atoms with van der Waals surface area (Å²) in [7, 11) is 1.46. The highest BCUT2D eigenvalue weighted by molar-refractivity contribution is 6.35. The molecule has 0 bridgehead atoms. The largest absolute Gasteiger partial charge is 0.494 e. The highest BCUT2D eigenvalue weighted by atomic mass is 35.5. The molecule has 172 valence electrons. The Hall–Kier alpha value is -3.45. The van der Waals surface area contributed by atoms with Crippen LogP contribution in [0.1, 0.15) is 20.9 Å². The van der Waals surface area contributed by atoms with Crippen LogP contribution in [-0.2, 0) is 0 Å². The molecule has 0 spiro atoms. The topological polar surface area (TPSA) is 80.6 Å². The number of benzene rings is 3. The lowest BCUT2D eigenvalue weighted by Gasteiger charge is -2.13. The number of carbonyl (C=O) groups excluding carboxylic acids is 2. The smallest absolute Gasteiger partial charge is 0.291 e. The highest BCUT2D eigenvalue weighted by Crippen LogP contribution is 2.33. The maximum Gasteiger partial charge on any atom is 0.291 e. The minimum absolute atomic E-state index is 0.0844. The van der Waals surface area contributed by atoms with E-state index in [2.05, 4.69) is 10.6 Å². The summed E-state index contributed by atoms with van der Waals surface area (Å²) < 4.78 is 11.1. The summed E-state index contributed by atoms with van der Waals surface area (Å²) in [5.74, 6) is -0.0131. The normalized spacial score (nSPS) is 10.6. The molecule has 34 heavy (non-hydrogen) atoms. The van der Waals surface area contributed by atoms with Gasteiger partial charge in [0.2, 0.25) is 0 Å². The molecular weight excluding hydrogens is 499 g/mol. The molecule has 1 aromatic heterocycles. The standard InChI is InChI=1S/C25H17Cl3N2O4/c1-33-23-13-15(7-9-20(23)30-24(31)16-4-2-3-5-18(16)27)29-25(32)22-11-10-21(34-22)17-12-14(26)6-8-19(17)28/h2-13H,1H3,(H,29,32)(H,30,31). The van der Waals surface area contributed by atoms with Crippen LogP contribution in [0.15, 0.2) is 77.2 Å². The van der Waals surface area contributed by atoms with Crippen molar-refractivity contribution in [3.05, 3.63) is 99.2 Å². The number of halogens is 3. The van der Waals surface area contributed by atoms with E-state index in [1.807, 2.05) is 0 Å². The molecule has 0 saturated carbocycles. The second-order valence-electron chi connectivity index (χ2n) is 7.09. The molecule has 4 rings (SSSR count). The van der Waals surface area contributed by atoms with E-state index < -0.39 is 5.91 Å². The van der Waals surface area contributed by atoms with Crippen LogP contribution in [0.5, 0.6) is 5.75 Å². The molecule has 6 nitrogen and oxygen atoms in total. The minimum Gasteiger partial charge on any atom is -0.494 e. The molecule has 2 N–H and O–H groups in total. The van der Waals surface area contributed by atoms with E-state index >= 15 is 0 Å². The summed E-state index contributed by atoms with van der Waals surface area (Å²) in [6.45, 7) is 0. The zero-order chi connectivity index (χ0) is 24.2. The zero-order valence-corrected chi connectivity index (χ0v) is 20.0. The van der Waals surface area contributed by atoms with Gasteiger partial charge in [0.15, 0.2) is 5.76 Å². The number of rotatable bonds is 6. The summed E-state index contributed by atoms with van der Waals surface area (Å²) in [5.41, 5.74) is 1.77. The lowest BCUT2D eigenvalue weighted by molar-refractivity contribution is 0.0995. The number of ether oxygens (including phenoxy) is 1. The predicted octanol–water partition coefficient (Wildman–Crippen LogP) is 7.42. The Labute approximate surface area is 210 Å². The van der Waals surface area contributed by atoms with Crippen LogP contribution < -0.4 is 15.4 Å². The van der Waals surface area contributed by atoms with Gasteiger partial charge in [0.1, 0.15) is 11.5 Å². The Kier molecular flexibility index (Phi) is 7.12. The second-order valence-corrected chi connectivity index (χ2v) is 8.34. The van der Waals surface area contributed by atoms with Gasteiger partial charge in [0.25, 0.3) is 11.8 Å². The van der Waals surface area contributed by atoms with Crippen molar-refractivity contribution in [2.75, 3.05) is 17.7 Å². The van der Waals surface area contributed by atoms with Crippen LogP contribution in [-0.4, -0.2) is 18.9 Å². The van der Waals surface area contributed by atoms with E-state index in [-0.39, 0.29) is 11.7 Å². The first-order valence-corrected chi connectivity index (χ1v) is 11.1. The molecule has 2 amide bonds. The van der Waals surface area contributed by atoms with Crippen molar-refractivity contribution in [2.24, 2.45) is 0 Å². The molecular formula is C25H17Cl3N2O4. The third-order valence-corrected chi connectivity index (χ3v) is 5.74. The molecule has 0 atom stereocenters. The molecule has 0 aliphatic rings. The van der Waals surface area contributed by atoms with E-state index in [1.165, 1.54) is 13.2 Å². The maximum atomic E-state index is 12.7. The quantitative estimate of drug-likeness (QED) is 0.280. The molecule has 0 fully saturated rings. The highest BCUT2D eigenvalue weighted by Gasteiger charge is 2.17. The average Bonchev–Trinajstić information content (AvgIpc) is 3.32. The van der Waals surface area contributed by atoms with E-state index in [9.17, 15) is 9.59 Å². The van der Waals surface area contributed by atoms with E-state index in [1.54, 1.807) is 66.7 Å². The Balaban J connectivity index is 1.50. The number of amides is 2. The Morgan fingerprint density at radius 2 is 1.62 bits per heavy atom. The van der Waals surface area contributed by atoms with E-state index in [0.717, 1.165) is 0 Å². The summed E-state index contributed by atoms with van der Waals surface area (Å²) in [5, 5.41) is 6.78. The summed E-state index contributed by atoms with van der Waals surface area (Å²) in [6.07, 6.45) is 0. The Bertz CT molecular complexity index is 1380. The number of anilines is 2. The van der Waals surface area contributed by atoms with Crippen molar-refractivity contribution >= 4 is 58.0 Å². The van der Waals surface area contributed by atoms with Gasteiger partial charge in [-0.2, -0.15) is 0 Å². The van der Waals surface area contributed by atoms with Crippen molar-refractivity contribution in [1.82, 2.24) is 0 Å². The van der Waals surface area contributed by atoms with Crippen LogP contribution in [0.2, 0.25) is 15.1 Å². The molecule has 9 heteroatoms. The van der Waals surface area contributed by atoms with Crippen LogP contribution in [0, 0.1) is 0 Å². The minimum atomic E-state index is -0.473. The lowest BCUT2D eigenvalue weighted by atomic mass is 10.2. The van der Waals surface area contributed by atoms with Crippen LogP contribution in [0.3, 0.4) is 0 Å². The van der Waals surface area contributed by atoms with Crippen molar-refractivity contribution in [3.63, 3.8) is 0 Å². The second kappa shape index (κ2) is 10.2.